The highest BCUT2D eigenvalue weighted by atomic mass is 16.6. The summed E-state index contributed by atoms with van der Waals surface area (Å²) < 4.78 is 15.8. The van der Waals surface area contributed by atoms with E-state index in [2.05, 4.69) is 0 Å². The molecular formula is C22H25N3O5. The molecule has 8 heteroatoms. The number of carbonyl (C=O) groups is 2. The van der Waals surface area contributed by atoms with Crippen LogP contribution in [0.1, 0.15) is 23.6 Å². The Bertz CT molecular complexity index is 913. The molecular weight excluding hydrogens is 386 g/mol. The molecule has 0 saturated carbocycles. The summed E-state index contributed by atoms with van der Waals surface area (Å²) in [6, 6.07) is 14.7. The minimum Gasteiger partial charge on any atom is -0.489 e. The Morgan fingerprint density at radius 3 is 2.70 bits per heavy atom. The largest absolute Gasteiger partial charge is 0.489 e. The Morgan fingerprint density at radius 1 is 1.23 bits per heavy atom. The van der Waals surface area contributed by atoms with Crippen molar-refractivity contribution >= 4 is 17.9 Å². The van der Waals surface area contributed by atoms with E-state index in [1.54, 1.807) is 13.0 Å². The molecule has 1 heterocycles. The van der Waals surface area contributed by atoms with E-state index in [-0.39, 0.29) is 31.6 Å². The summed E-state index contributed by atoms with van der Waals surface area (Å²) in [4.78, 5) is 25.0. The molecule has 1 fully saturated rings. The molecule has 2 aromatic rings. The Hall–Kier alpha value is -3.55. The van der Waals surface area contributed by atoms with E-state index in [4.69, 9.17) is 25.4 Å². The number of ether oxygens (including phenoxy) is 3. The van der Waals surface area contributed by atoms with Gasteiger partial charge in [-0.05, 0) is 42.7 Å². The van der Waals surface area contributed by atoms with Crippen LogP contribution in [0.15, 0.2) is 48.5 Å². The lowest BCUT2D eigenvalue weighted by Gasteiger charge is -2.20. The summed E-state index contributed by atoms with van der Waals surface area (Å²) in [5.41, 5.74) is 8.09. The Balaban J connectivity index is 1.56. The summed E-state index contributed by atoms with van der Waals surface area (Å²) in [5, 5.41) is 7.51. The average molecular weight is 411 g/mol. The van der Waals surface area contributed by atoms with Crippen molar-refractivity contribution in [3.05, 3.63) is 65.2 Å². The quantitative estimate of drug-likeness (QED) is 0.372. The standard InChI is InChI=1S/C22H25N3O5/c1-2-28-20(26)12-25-18(14-30-22(25)27)11-15-6-8-19(9-7-15)29-13-16-4-3-5-17(10-16)21(23)24/h3-10,18H,2,11-14H2,1H3,(H3,23,24)/t18-/m1/s1. The van der Waals surface area contributed by atoms with E-state index in [1.807, 2.05) is 42.5 Å². The SMILES string of the molecule is CCOC(=O)CN1C(=O)OC[C@H]1Cc1ccc(OCc2cccc(C(=N)N)c2)cc1. The Labute approximate surface area is 175 Å². The highest BCUT2D eigenvalue weighted by Crippen LogP contribution is 2.20. The van der Waals surface area contributed by atoms with E-state index in [9.17, 15) is 9.59 Å². The highest BCUT2D eigenvalue weighted by molar-refractivity contribution is 5.95. The molecule has 158 valence electrons. The van der Waals surface area contributed by atoms with Crippen LogP contribution in [0.5, 0.6) is 5.75 Å². The zero-order valence-electron chi connectivity index (χ0n) is 16.8. The molecule has 1 saturated heterocycles. The van der Waals surface area contributed by atoms with Gasteiger partial charge in [0.1, 0.15) is 31.3 Å². The first-order chi connectivity index (χ1) is 14.5. The van der Waals surface area contributed by atoms with Gasteiger partial charge in [-0.3, -0.25) is 15.1 Å². The predicted molar refractivity (Wildman–Crippen MR) is 110 cm³/mol. The maximum atomic E-state index is 11.9. The van der Waals surface area contributed by atoms with Crippen LogP contribution < -0.4 is 10.5 Å². The lowest BCUT2D eigenvalue weighted by atomic mass is 10.1. The summed E-state index contributed by atoms with van der Waals surface area (Å²) in [7, 11) is 0. The van der Waals surface area contributed by atoms with Crippen LogP contribution in [0.3, 0.4) is 0 Å². The zero-order chi connectivity index (χ0) is 21.5. The monoisotopic (exact) mass is 411 g/mol. The van der Waals surface area contributed by atoms with E-state index in [1.165, 1.54) is 4.90 Å². The Morgan fingerprint density at radius 2 is 2.00 bits per heavy atom. The average Bonchev–Trinajstić information content (AvgIpc) is 3.07. The molecule has 0 spiro atoms. The number of nitrogen functional groups attached to an aromatic ring is 1. The number of hydrogen-bond donors (Lipinski definition) is 2. The summed E-state index contributed by atoms with van der Waals surface area (Å²) in [6.07, 6.45) is 0.0623. The zero-order valence-corrected chi connectivity index (χ0v) is 16.8. The first-order valence-electron chi connectivity index (χ1n) is 9.70. The van der Waals surface area contributed by atoms with Crippen molar-refractivity contribution < 1.29 is 23.8 Å². The van der Waals surface area contributed by atoms with Crippen LogP contribution >= 0.6 is 0 Å². The fraction of sp³-hybridized carbons (Fsp3) is 0.318. The second-order valence-electron chi connectivity index (χ2n) is 6.91. The first kappa shape index (κ1) is 21.2. The molecule has 0 radical (unpaired) electrons. The molecule has 2 aromatic carbocycles. The highest BCUT2D eigenvalue weighted by Gasteiger charge is 2.34. The van der Waals surface area contributed by atoms with E-state index < -0.39 is 12.1 Å². The lowest BCUT2D eigenvalue weighted by molar-refractivity contribution is -0.144. The third-order valence-corrected chi connectivity index (χ3v) is 4.72. The van der Waals surface area contributed by atoms with Gasteiger partial charge >= 0.3 is 12.1 Å². The molecule has 3 N–H and O–H groups in total. The van der Waals surface area contributed by atoms with Crippen molar-refractivity contribution in [3.63, 3.8) is 0 Å². The van der Waals surface area contributed by atoms with Crippen molar-refractivity contribution in [2.24, 2.45) is 5.73 Å². The third-order valence-electron chi connectivity index (χ3n) is 4.72. The number of rotatable bonds is 9. The van der Waals surface area contributed by atoms with Gasteiger partial charge in [-0.2, -0.15) is 0 Å². The molecule has 1 amide bonds. The van der Waals surface area contributed by atoms with Gasteiger partial charge in [-0.1, -0.05) is 30.3 Å². The molecule has 3 rings (SSSR count). The number of esters is 1. The van der Waals surface area contributed by atoms with Gasteiger partial charge in [0.2, 0.25) is 0 Å². The third kappa shape index (κ3) is 5.50. The molecule has 1 atom stereocenters. The minimum atomic E-state index is -0.499. The number of amides is 1. The van der Waals surface area contributed by atoms with Crippen LogP contribution in [-0.2, 0) is 27.3 Å². The van der Waals surface area contributed by atoms with Crippen LogP contribution in [0, 0.1) is 5.41 Å². The van der Waals surface area contributed by atoms with Gasteiger partial charge in [-0.25, -0.2) is 4.79 Å². The maximum Gasteiger partial charge on any atom is 0.410 e. The van der Waals surface area contributed by atoms with Gasteiger partial charge < -0.3 is 19.9 Å². The number of nitrogens with one attached hydrogen (secondary N) is 1. The fourth-order valence-corrected chi connectivity index (χ4v) is 3.19. The van der Waals surface area contributed by atoms with Gasteiger partial charge in [0.05, 0.1) is 12.6 Å². The molecule has 0 bridgehead atoms. The van der Waals surface area contributed by atoms with Gasteiger partial charge in [0.25, 0.3) is 0 Å². The molecule has 30 heavy (non-hydrogen) atoms. The van der Waals surface area contributed by atoms with E-state index >= 15 is 0 Å². The maximum absolute atomic E-state index is 11.9. The topological polar surface area (TPSA) is 115 Å². The van der Waals surface area contributed by atoms with Crippen LogP contribution in [-0.4, -0.2) is 48.6 Å². The second-order valence-corrected chi connectivity index (χ2v) is 6.91. The van der Waals surface area contributed by atoms with Crippen molar-refractivity contribution in [1.82, 2.24) is 4.90 Å². The number of nitrogens with zero attached hydrogens (tertiary/aromatic N) is 1. The van der Waals surface area contributed by atoms with E-state index in [0.717, 1.165) is 11.1 Å². The van der Waals surface area contributed by atoms with Gasteiger partial charge in [-0.15, -0.1) is 0 Å². The lowest BCUT2D eigenvalue weighted by Crippen LogP contribution is -2.39. The summed E-state index contributed by atoms with van der Waals surface area (Å²) in [6.45, 7) is 2.48. The van der Waals surface area contributed by atoms with Crippen molar-refractivity contribution in [1.29, 1.82) is 5.41 Å². The van der Waals surface area contributed by atoms with E-state index in [0.29, 0.717) is 24.3 Å². The number of nitrogens with two attached hydrogens (primary N) is 1. The molecule has 0 aliphatic carbocycles. The van der Waals surface area contributed by atoms with Crippen molar-refractivity contribution in [2.75, 3.05) is 19.8 Å². The molecule has 0 aromatic heterocycles. The fourth-order valence-electron chi connectivity index (χ4n) is 3.19. The molecule has 1 aliphatic rings. The van der Waals surface area contributed by atoms with Gasteiger partial charge in [0.15, 0.2) is 0 Å². The minimum absolute atomic E-state index is 0.0209. The first-order valence-corrected chi connectivity index (χ1v) is 9.70. The van der Waals surface area contributed by atoms with Crippen LogP contribution in [0.2, 0.25) is 0 Å². The number of amidine groups is 1. The normalized spacial score (nSPS) is 15.6. The summed E-state index contributed by atoms with van der Waals surface area (Å²) in [5.74, 6) is 0.278. The number of hydrogen-bond acceptors (Lipinski definition) is 6. The molecule has 1 aliphatic heterocycles. The van der Waals surface area contributed by atoms with Crippen molar-refractivity contribution in [2.45, 2.75) is 26.0 Å². The van der Waals surface area contributed by atoms with Crippen molar-refractivity contribution in [3.8, 4) is 5.75 Å². The molecule has 0 unspecified atom stereocenters. The van der Waals surface area contributed by atoms with Gasteiger partial charge in [0, 0.05) is 5.56 Å². The second kappa shape index (κ2) is 9.78. The van der Waals surface area contributed by atoms with Crippen LogP contribution in [0.4, 0.5) is 4.79 Å². The number of carbonyl (C=O) groups excluding carboxylic acids is 2. The number of benzene rings is 2. The Kier molecular flexibility index (Phi) is 6.90. The summed E-state index contributed by atoms with van der Waals surface area (Å²) >= 11 is 0. The molecule has 8 nitrogen and oxygen atoms in total. The number of cyclic esters (lactones) is 1. The smallest absolute Gasteiger partial charge is 0.410 e. The van der Waals surface area contributed by atoms with Crippen LogP contribution in [0.25, 0.3) is 0 Å². The predicted octanol–water partition coefficient (Wildman–Crippen LogP) is 2.48.